The number of nitrogens with one attached hydrogen (secondary N) is 1. The molecule has 2 aromatic carbocycles. The summed E-state index contributed by atoms with van der Waals surface area (Å²) in [6.07, 6.45) is 0. The third kappa shape index (κ3) is 2.85. The predicted octanol–water partition coefficient (Wildman–Crippen LogP) is 3.61. The lowest BCUT2D eigenvalue weighted by molar-refractivity contribution is 0.101. The van der Waals surface area contributed by atoms with Gasteiger partial charge in [0.05, 0.1) is 11.3 Å². The van der Waals surface area contributed by atoms with E-state index in [9.17, 15) is 9.18 Å². The molecule has 1 N–H and O–H groups in total. The van der Waals surface area contributed by atoms with Gasteiger partial charge in [-0.25, -0.2) is 4.39 Å². The van der Waals surface area contributed by atoms with E-state index in [1.165, 1.54) is 18.2 Å². The Balaban J connectivity index is 1.89. The third-order valence-corrected chi connectivity index (χ3v) is 3.65. The summed E-state index contributed by atoms with van der Waals surface area (Å²) in [7, 11) is 0. The van der Waals surface area contributed by atoms with Gasteiger partial charge in [-0.15, -0.1) is 0 Å². The van der Waals surface area contributed by atoms with Gasteiger partial charge in [-0.05, 0) is 46.3 Å². The minimum absolute atomic E-state index is 0.343. The maximum absolute atomic E-state index is 13.1. The lowest BCUT2D eigenvalue weighted by Gasteiger charge is -2.20. The van der Waals surface area contributed by atoms with E-state index in [2.05, 4.69) is 21.2 Å². The Morgan fingerprint density at radius 2 is 2.00 bits per heavy atom. The van der Waals surface area contributed by atoms with Crippen LogP contribution in [0.4, 0.5) is 10.1 Å². The van der Waals surface area contributed by atoms with Gasteiger partial charge in [-0.1, -0.05) is 6.07 Å². The monoisotopic (exact) mass is 351 g/mol. The highest BCUT2D eigenvalue weighted by Gasteiger charge is 2.20. The number of carbonyl (C=O) groups excluding carboxylic acids is 1. The van der Waals surface area contributed by atoms with Crippen LogP contribution in [-0.4, -0.2) is 19.1 Å². The minimum atomic E-state index is -0.381. The SMILES string of the molecule is O=C(Nc1ccc(F)cc1Br)c1cccc2c1OCCO2. The quantitative estimate of drug-likeness (QED) is 0.898. The summed E-state index contributed by atoms with van der Waals surface area (Å²) in [5.74, 6) is 0.255. The van der Waals surface area contributed by atoms with Gasteiger partial charge >= 0.3 is 0 Å². The summed E-state index contributed by atoms with van der Waals surface area (Å²) in [6.45, 7) is 0.860. The molecule has 0 bridgehead atoms. The van der Waals surface area contributed by atoms with E-state index in [4.69, 9.17) is 9.47 Å². The molecule has 0 saturated heterocycles. The molecule has 0 saturated carbocycles. The van der Waals surface area contributed by atoms with Gasteiger partial charge in [0.25, 0.3) is 5.91 Å². The van der Waals surface area contributed by atoms with Gasteiger partial charge in [0.15, 0.2) is 11.5 Å². The third-order valence-electron chi connectivity index (χ3n) is 2.99. The predicted molar refractivity (Wildman–Crippen MR) is 79.5 cm³/mol. The van der Waals surface area contributed by atoms with Gasteiger partial charge < -0.3 is 14.8 Å². The van der Waals surface area contributed by atoms with Crippen LogP contribution in [0.15, 0.2) is 40.9 Å². The molecular formula is C15H11BrFNO3. The number of rotatable bonds is 2. The van der Waals surface area contributed by atoms with Crippen molar-refractivity contribution in [3.8, 4) is 11.5 Å². The van der Waals surface area contributed by atoms with Crippen LogP contribution in [0, 0.1) is 5.82 Å². The van der Waals surface area contributed by atoms with Gasteiger partial charge in [0.1, 0.15) is 19.0 Å². The average molecular weight is 352 g/mol. The topological polar surface area (TPSA) is 47.6 Å². The normalized spacial score (nSPS) is 12.9. The summed E-state index contributed by atoms with van der Waals surface area (Å²) in [5.41, 5.74) is 0.860. The van der Waals surface area contributed by atoms with Crippen LogP contribution in [-0.2, 0) is 0 Å². The number of carbonyl (C=O) groups is 1. The number of halogens is 2. The van der Waals surface area contributed by atoms with E-state index in [1.807, 2.05) is 0 Å². The van der Waals surface area contributed by atoms with Crippen molar-refractivity contribution in [1.82, 2.24) is 0 Å². The van der Waals surface area contributed by atoms with Crippen LogP contribution < -0.4 is 14.8 Å². The molecule has 0 aromatic heterocycles. The molecule has 0 unspecified atom stereocenters. The minimum Gasteiger partial charge on any atom is -0.486 e. The molecule has 0 spiro atoms. The van der Waals surface area contributed by atoms with Crippen molar-refractivity contribution < 1.29 is 18.7 Å². The molecule has 4 nitrogen and oxygen atoms in total. The number of anilines is 1. The van der Waals surface area contributed by atoms with E-state index in [1.54, 1.807) is 18.2 Å². The second-order valence-corrected chi connectivity index (χ2v) is 5.26. The zero-order chi connectivity index (χ0) is 14.8. The molecule has 3 rings (SSSR count). The molecule has 2 aromatic rings. The second-order valence-electron chi connectivity index (χ2n) is 4.41. The van der Waals surface area contributed by atoms with E-state index in [0.717, 1.165) is 0 Å². The fourth-order valence-electron chi connectivity index (χ4n) is 2.03. The lowest BCUT2D eigenvalue weighted by Crippen LogP contribution is -2.20. The summed E-state index contributed by atoms with van der Waals surface area (Å²) in [5, 5.41) is 2.72. The van der Waals surface area contributed by atoms with Gasteiger partial charge in [-0.2, -0.15) is 0 Å². The first-order chi connectivity index (χ1) is 10.1. The lowest BCUT2D eigenvalue weighted by atomic mass is 10.1. The molecule has 1 aliphatic heterocycles. The van der Waals surface area contributed by atoms with Crippen LogP contribution in [0.5, 0.6) is 11.5 Å². The Morgan fingerprint density at radius 1 is 1.19 bits per heavy atom. The highest BCUT2D eigenvalue weighted by Crippen LogP contribution is 2.34. The smallest absolute Gasteiger partial charge is 0.259 e. The Labute approximate surface area is 129 Å². The van der Waals surface area contributed by atoms with E-state index >= 15 is 0 Å². The number of amides is 1. The fraction of sp³-hybridized carbons (Fsp3) is 0.133. The largest absolute Gasteiger partial charge is 0.486 e. The van der Waals surface area contributed by atoms with E-state index in [0.29, 0.717) is 40.4 Å². The molecule has 21 heavy (non-hydrogen) atoms. The first-order valence-corrected chi connectivity index (χ1v) is 7.09. The van der Waals surface area contributed by atoms with Crippen molar-refractivity contribution in [1.29, 1.82) is 0 Å². The summed E-state index contributed by atoms with van der Waals surface area (Å²) < 4.78 is 24.5. The number of benzene rings is 2. The zero-order valence-corrected chi connectivity index (χ0v) is 12.4. The Hall–Kier alpha value is -2.08. The summed E-state index contributed by atoms with van der Waals surface area (Å²) in [6, 6.07) is 9.18. The molecule has 0 aliphatic carbocycles. The Morgan fingerprint density at radius 3 is 2.81 bits per heavy atom. The maximum Gasteiger partial charge on any atom is 0.259 e. The van der Waals surface area contributed by atoms with Crippen molar-refractivity contribution in [2.24, 2.45) is 0 Å². The average Bonchev–Trinajstić information content (AvgIpc) is 2.49. The molecule has 108 valence electrons. The number of hydrogen-bond donors (Lipinski definition) is 1. The Bertz CT molecular complexity index is 705. The van der Waals surface area contributed by atoms with Crippen molar-refractivity contribution in [2.75, 3.05) is 18.5 Å². The number of fused-ring (bicyclic) bond motifs is 1. The van der Waals surface area contributed by atoms with Crippen molar-refractivity contribution in [2.45, 2.75) is 0 Å². The van der Waals surface area contributed by atoms with Gasteiger partial charge in [0, 0.05) is 4.47 Å². The Kier molecular flexibility index (Phi) is 3.79. The molecular weight excluding hydrogens is 341 g/mol. The van der Waals surface area contributed by atoms with E-state index in [-0.39, 0.29) is 11.7 Å². The van der Waals surface area contributed by atoms with Crippen molar-refractivity contribution >= 4 is 27.5 Å². The fourth-order valence-corrected chi connectivity index (χ4v) is 2.48. The number of ether oxygens (including phenoxy) is 2. The summed E-state index contributed by atoms with van der Waals surface area (Å²) >= 11 is 3.21. The molecule has 1 amide bonds. The van der Waals surface area contributed by atoms with Crippen LogP contribution >= 0.6 is 15.9 Å². The van der Waals surface area contributed by atoms with Crippen LogP contribution in [0.2, 0.25) is 0 Å². The molecule has 0 fully saturated rings. The van der Waals surface area contributed by atoms with Crippen molar-refractivity contribution in [3.05, 3.63) is 52.3 Å². The molecule has 0 radical (unpaired) electrons. The molecule has 1 aliphatic rings. The first kappa shape index (κ1) is 13.9. The van der Waals surface area contributed by atoms with Crippen molar-refractivity contribution in [3.63, 3.8) is 0 Å². The van der Waals surface area contributed by atoms with Crippen LogP contribution in [0.1, 0.15) is 10.4 Å². The highest BCUT2D eigenvalue weighted by atomic mass is 79.9. The standard InChI is InChI=1S/C15H11BrFNO3/c16-11-8-9(17)4-5-12(11)18-15(19)10-2-1-3-13-14(10)21-7-6-20-13/h1-5,8H,6-7H2,(H,18,19). The molecule has 0 atom stereocenters. The molecule has 1 heterocycles. The number of hydrogen-bond acceptors (Lipinski definition) is 3. The van der Waals surface area contributed by atoms with E-state index < -0.39 is 0 Å². The first-order valence-electron chi connectivity index (χ1n) is 6.30. The van der Waals surface area contributed by atoms with Gasteiger partial charge in [-0.3, -0.25) is 4.79 Å². The second kappa shape index (κ2) is 5.73. The maximum atomic E-state index is 13.1. The van der Waals surface area contributed by atoms with Crippen LogP contribution in [0.3, 0.4) is 0 Å². The number of para-hydroxylation sites is 1. The summed E-state index contributed by atoms with van der Waals surface area (Å²) in [4.78, 5) is 12.4. The highest BCUT2D eigenvalue weighted by molar-refractivity contribution is 9.10. The zero-order valence-electron chi connectivity index (χ0n) is 10.9. The van der Waals surface area contributed by atoms with Crippen LogP contribution in [0.25, 0.3) is 0 Å². The molecule has 6 heteroatoms. The van der Waals surface area contributed by atoms with Gasteiger partial charge in [0.2, 0.25) is 0 Å².